The fraction of sp³-hybridized carbons (Fsp3) is 0.385. The minimum atomic E-state index is -3.88. The monoisotopic (exact) mass is 314 g/mol. The molecular weight excluding hydrogens is 296 g/mol. The predicted molar refractivity (Wildman–Crippen MR) is 75.8 cm³/mol. The Morgan fingerprint density at radius 1 is 1.24 bits per heavy atom. The second-order valence-electron chi connectivity index (χ2n) is 4.99. The van der Waals surface area contributed by atoms with Gasteiger partial charge in [-0.2, -0.15) is 4.72 Å². The lowest BCUT2D eigenvalue weighted by Gasteiger charge is -2.22. The van der Waals surface area contributed by atoms with Crippen molar-refractivity contribution in [1.82, 2.24) is 4.72 Å². The van der Waals surface area contributed by atoms with E-state index < -0.39 is 27.4 Å². The first-order valence-electron chi connectivity index (χ1n) is 6.08. The lowest BCUT2D eigenvalue weighted by molar-refractivity contribution is -0.139. The molecule has 1 aromatic carbocycles. The molecule has 0 saturated carbocycles. The standard InChI is InChI=1S/C13H18N2O5S/c1-13(2,12(14)17)15-21(18,19)10-6-4-9(5-7-10)8-11(16)20-3/h4-7,15H,8H2,1-3H3,(H2,14,17). The van der Waals surface area contributed by atoms with Crippen molar-refractivity contribution in [2.75, 3.05) is 7.11 Å². The molecule has 1 amide bonds. The SMILES string of the molecule is COC(=O)Cc1ccc(S(=O)(=O)NC(C)(C)C(N)=O)cc1. The molecule has 0 aromatic heterocycles. The third-order valence-corrected chi connectivity index (χ3v) is 4.49. The Morgan fingerprint density at radius 2 is 1.76 bits per heavy atom. The molecule has 0 fully saturated rings. The molecule has 7 nitrogen and oxygen atoms in total. The van der Waals surface area contributed by atoms with Crippen LogP contribution in [0.3, 0.4) is 0 Å². The Morgan fingerprint density at radius 3 is 2.19 bits per heavy atom. The Bertz CT molecular complexity index is 635. The lowest BCUT2D eigenvalue weighted by Crippen LogP contribution is -2.52. The molecule has 21 heavy (non-hydrogen) atoms. The zero-order valence-corrected chi connectivity index (χ0v) is 12.9. The fourth-order valence-corrected chi connectivity index (χ4v) is 2.86. The minimum Gasteiger partial charge on any atom is -0.469 e. The number of primary amides is 1. The van der Waals surface area contributed by atoms with Gasteiger partial charge in [0.15, 0.2) is 0 Å². The molecule has 0 bridgehead atoms. The van der Waals surface area contributed by atoms with Gasteiger partial charge < -0.3 is 10.5 Å². The highest BCUT2D eigenvalue weighted by Crippen LogP contribution is 2.14. The second kappa shape index (κ2) is 6.23. The van der Waals surface area contributed by atoms with Crippen LogP contribution >= 0.6 is 0 Å². The molecule has 0 radical (unpaired) electrons. The van der Waals surface area contributed by atoms with Crippen LogP contribution in [0.4, 0.5) is 0 Å². The summed E-state index contributed by atoms with van der Waals surface area (Å²) in [7, 11) is -2.61. The van der Waals surface area contributed by atoms with Gasteiger partial charge >= 0.3 is 5.97 Å². The van der Waals surface area contributed by atoms with Gasteiger partial charge in [0.2, 0.25) is 15.9 Å². The number of hydrogen-bond acceptors (Lipinski definition) is 5. The predicted octanol–water partition coefficient (Wildman–Crippen LogP) is -0.0557. The average molecular weight is 314 g/mol. The van der Waals surface area contributed by atoms with Gasteiger partial charge in [-0.05, 0) is 31.5 Å². The summed E-state index contributed by atoms with van der Waals surface area (Å²) < 4.78 is 31.0. The first kappa shape index (κ1) is 17.1. The zero-order valence-electron chi connectivity index (χ0n) is 12.0. The van der Waals surface area contributed by atoms with Crippen LogP contribution in [0.2, 0.25) is 0 Å². The van der Waals surface area contributed by atoms with Gasteiger partial charge in [0.1, 0.15) is 5.54 Å². The zero-order chi connectivity index (χ0) is 16.3. The lowest BCUT2D eigenvalue weighted by atomic mass is 10.1. The Balaban J connectivity index is 2.95. The van der Waals surface area contributed by atoms with Crippen molar-refractivity contribution in [1.29, 1.82) is 0 Å². The van der Waals surface area contributed by atoms with E-state index in [2.05, 4.69) is 9.46 Å². The number of sulfonamides is 1. The van der Waals surface area contributed by atoms with Gasteiger partial charge in [-0.3, -0.25) is 9.59 Å². The van der Waals surface area contributed by atoms with E-state index in [1.807, 2.05) is 0 Å². The molecule has 0 aliphatic heterocycles. The summed E-state index contributed by atoms with van der Waals surface area (Å²) in [5.41, 5.74) is 4.35. The van der Waals surface area contributed by atoms with Crippen molar-refractivity contribution < 1.29 is 22.7 Å². The third kappa shape index (κ3) is 4.54. The van der Waals surface area contributed by atoms with Crippen LogP contribution in [0.15, 0.2) is 29.2 Å². The summed E-state index contributed by atoms with van der Waals surface area (Å²) >= 11 is 0. The molecule has 0 aliphatic rings. The number of carbonyl (C=O) groups excluding carboxylic acids is 2. The van der Waals surface area contributed by atoms with E-state index in [0.717, 1.165) is 0 Å². The molecule has 0 saturated heterocycles. The number of methoxy groups -OCH3 is 1. The number of rotatable bonds is 6. The minimum absolute atomic E-state index is 0.0227. The van der Waals surface area contributed by atoms with Gasteiger partial charge in [0.25, 0.3) is 0 Å². The molecule has 0 unspecified atom stereocenters. The second-order valence-corrected chi connectivity index (χ2v) is 6.67. The Kier molecular flexibility index (Phi) is 5.08. The first-order chi connectivity index (χ1) is 9.58. The number of nitrogens with one attached hydrogen (secondary N) is 1. The molecule has 0 aliphatic carbocycles. The number of hydrogen-bond donors (Lipinski definition) is 2. The molecule has 1 aromatic rings. The topological polar surface area (TPSA) is 116 Å². The fourth-order valence-electron chi connectivity index (χ4n) is 1.47. The van der Waals surface area contributed by atoms with Crippen molar-refractivity contribution in [2.45, 2.75) is 30.7 Å². The van der Waals surface area contributed by atoms with Crippen LogP contribution < -0.4 is 10.5 Å². The van der Waals surface area contributed by atoms with Crippen molar-refractivity contribution in [2.24, 2.45) is 5.73 Å². The molecule has 116 valence electrons. The van der Waals surface area contributed by atoms with E-state index in [9.17, 15) is 18.0 Å². The van der Waals surface area contributed by atoms with Crippen molar-refractivity contribution >= 4 is 21.9 Å². The normalized spacial score (nSPS) is 12.0. The van der Waals surface area contributed by atoms with Crippen molar-refractivity contribution in [3.8, 4) is 0 Å². The molecule has 0 atom stereocenters. The Hall–Kier alpha value is -1.93. The molecule has 8 heteroatoms. The van der Waals surface area contributed by atoms with Gasteiger partial charge in [0, 0.05) is 0 Å². The van der Waals surface area contributed by atoms with E-state index >= 15 is 0 Å². The summed E-state index contributed by atoms with van der Waals surface area (Å²) in [6, 6.07) is 5.70. The quantitative estimate of drug-likeness (QED) is 0.714. The highest BCUT2D eigenvalue weighted by atomic mass is 32.2. The maximum atomic E-state index is 12.1. The van der Waals surface area contributed by atoms with Crippen molar-refractivity contribution in [3.05, 3.63) is 29.8 Å². The van der Waals surface area contributed by atoms with Crippen LogP contribution in [0.5, 0.6) is 0 Å². The van der Waals surface area contributed by atoms with Gasteiger partial charge in [0.05, 0.1) is 18.4 Å². The highest BCUT2D eigenvalue weighted by molar-refractivity contribution is 7.89. The Labute approximate surface area is 123 Å². The summed E-state index contributed by atoms with van der Waals surface area (Å²) in [5, 5.41) is 0. The number of esters is 1. The number of nitrogens with two attached hydrogens (primary N) is 1. The average Bonchev–Trinajstić information content (AvgIpc) is 2.37. The number of benzene rings is 1. The van der Waals surface area contributed by atoms with E-state index in [0.29, 0.717) is 5.56 Å². The van der Waals surface area contributed by atoms with Gasteiger partial charge in [-0.1, -0.05) is 12.1 Å². The molecule has 1 rings (SSSR count). The van der Waals surface area contributed by atoms with E-state index in [4.69, 9.17) is 5.73 Å². The maximum Gasteiger partial charge on any atom is 0.309 e. The summed E-state index contributed by atoms with van der Waals surface area (Å²) in [5.74, 6) is -1.20. The summed E-state index contributed by atoms with van der Waals surface area (Å²) in [6.07, 6.45) is 0.0526. The summed E-state index contributed by atoms with van der Waals surface area (Å²) in [6.45, 7) is 2.75. The number of carbonyl (C=O) groups is 2. The van der Waals surface area contributed by atoms with E-state index in [-0.39, 0.29) is 11.3 Å². The third-order valence-electron chi connectivity index (χ3n) is 2.82. The largest absolute Gasteiger partial charge is 0.469 e. The van der Waals surface area contributed by atoms with Crippen molar-refractivity contribution in [3.63, 3.8) is 0 Å². The number of amides is 1. The van der Waals surface area contributed by atoms with E-state index in [1.165, 1.54) is 45.2 Å². The van der Waals surface area contributed by atoms with Crippen LogP contribution in [-0.4, -0.2) is 32.9 Å². The highest BCUT2D eigenvalue weighted by Gasteiger charge is 2.31. The molecule has 0 spiro atoms. The molecule has 3 N–H and O–H groups in total. The van der Waals surface area contributed by atoms with Crippen LogP contribution in [0.1, 0.15) is 19.4 Å². The van der Waals surface area contributed by atoms with Gasteiger partial charge in [-0.15, -0.1) is 0 Å². The van der Waals surface area contributed by atoms with E-state index in [1.54, 1.807) is 0 Å². The maximum absolute atomic E-state index is 12.1. The molecular formula is C13H18N2O5S. The molecule has 0 heterocycles. The van der Waals surface area contributed by atoms with Crippen LogP contribution in [0.25, 0.3) is 0 Å². The number of ether oxygens (including phenoxy) is 1. The summed E-state index contributed by atoms with van der Waals surface area (Å²) in [4.78, 5) is 22.3. The van der Waals surface area contributed by atoms with Crippen LogP contribution in [-0.2, 0) is 30.8 Å². The first-order valence-corrected chi connectivity index (χ1v) is 7.56. The van der Waals surface area contributed by atoms with Crippen LogP contribution in [0, 0.1) is 0 Å². The smallest absolute Gasteiger partial charge is 0.309 e. The van der Waals surface area contributed by atoms with Gasteiger partial charge in [-0.25, -0.2) is 8.42 Å².